The number of hydrogen-bond donors (Lipinski definition) is 4. The van der Waals surface area contributed by atoms with E-state index in [1.807, 2.05) is 37.3 Å². The first-order chi connectivity index (χ1) is 16.4. The van der Waals surface area contributed by atoms with Gasteiger partial charge in [0.15, 0.2) is 5.69 Å². The Bertz CT molecular complexity index is 1070. The van der Waals surface area contributed by atoms with Crippen molar-refractivity contribution in [3.8, 4) is 0 Å². The second-order valence-electron chi connectivity index (χ2n) is 8.45. The van der Waals surface area contributed by atoms with E-state index in [0.29, 0.717) is 6.42 Å². The summed E-state index contributed by atoms with van der Waals surface area (Å²) in [5.74, 6) is -1.06. The third-order valence-corrected chi connectivity index (χ3v) is 6.69. The molecule has 0 saturated carbocycles. The summed E-state index contributed by atoms with van der Waals surface area (Å²) in [6.07, 6.45) is 1.37. The quantitative estimate of drug-likeness (QED) is 0.308. The number of oxazole rings is 1. The first-order valence-corrected chi connectivity index (χ1v) is 13.2. The molecule has 0 aliphatic rings. The van der Waals surface area contributed by atoms with Crippen LogP contribution < -0.4 is 14.9 Å². The van der Waals surface area contributed by atoms with E-state index in [1.165, 1.54) is 14.0 Å². The summed E-state index contributed by atoms with van der Waals surface area (Å²) < 4.78 is 29.3. The van der Waals surface area contributed by atoms with Crippen LogP contribution in [0.2, 0.25) is 0 Å². The maximum absolute atomic E-state index is 12.9. The molecule has 4 atom stereocenters. The van der Waals surface area contributed by atoms with Gasteiger partial charge in [-0.2, -0.15) is 4.98 Å². The third-order valence-electron chi connectivity index (χ3n) is 5.54. The van der Waals surface area contributed by atoms with Gasteiger partial charge in [0.25, 0.3) is 5.91 Å². The monoisotopic (exact) mass is 510 g/mol. The van der Waals surface area contributed by atoms with Gasteiger partial charge in [-0.25, -0.2) is 12.7 Å². The van der Waals surface area contributed by atoms with Crippen molar-refractivity contribution in [1.29, 1.82) is 0 Å². The molecule has 1 aromatic heterocycles. The number of nitrogens with one attached hydrogen (secondary N) is 2. The van der Waals surface area contributed by atoms with E-state index in [4.69, 9.17) is 4.42 Å². The van der Waals surface area contributed by atoms with Crippen LogP contribution in [0.1, 0.15) is 49.2 Å². The van der Waals surface area contributed by atoms with Gasteiger partial charge in [-0.05, 0) is 18.4 Å². The van der Waals surface area contributed by atoms with Crippen molar-refractivity contribution in [1.82, 2.24) is 15.6 Å². The van der Waals surface area contributed by atoms with Gasteiger partial charge in [-0.1, -0.05) is 50.1 Å². The summed E-state index contributed by atoms with van der Waals surface area (Å²) in [7, 11) is -2.41. The lowest BCUT2D eigenvalue weighted by molar-refractivity contribution is -0.121. The lowest BCUT2D eigenvalue weighted by Crippen LogP contribution is -2.56. The minimum Gasteiger partial charge on any atom is -0.430 e. The van der Waals surface area contributed by atoms with Gasteiger partial charge in [0.1, 0.15) is 18.5 Å². The van der Waals surface area contributed by atoms with Crippen molar-refractivity contribution in [2.75, 3.05) is 17.6 Å². The molecule has 35 heavy (non-hydrogen) atoms. The first kappa shape index (κ1) is 28.3. The van der Waals surface area contributed by atoms with E-state index in [9.17, 15) is 28.2 Å². The van der Waals surface area contributed by atoms with Gasteiger partial charge < -0.3 is 25.3 Å². The maximum atomic E-state index is 12.9. The highest BCUT2D eigenvalue weighted by Crippen LogP contribution is 2.17. The van der Waals surface area contributed by atoms with Gasteiger partial charge in [0.05, 0.1) is 18.3 Å². The molecule has 0 aliphatic carbocycles. The van der Waals surface area contributed by atoms with Crippen LogP contribution in [0, 0.1) is 0 Å². The van der Waals surface area contributed by atoms with Crippen LogP contribution >= 0.6 is 0 Å². The van der Waals surface area contributed by atoms with Crippen molar-refractivity contribution < 1.29 is 32.6 Å². The molecule has 1 heterocycles. The molecule has 0 aliphatic heterocycles. The molecule has 0 saturated heterocycles. The molecule has 11 nitrogen and oxygen atoms in total. The highest BCUT2D eigenvalue weighted by atomic mass is 32.2. The molecule has 194 valence electrons. The van der Waals surface area contributed by atoms with Crippen LogP contribution in [0.25, 0.3) is 0 Å². The number of benzene rings is 1. The maximum Gasteiger partial charge on any atom is 0.311 e. The Kier molecular flexibility index (Phi) is 10.2. The van der Waals surface area contributed by atoms with E-state index >= 15 is 0 Å². The van der Waals surface area contributed by atoms with Crippen LogP contribution in [-0.4, -0.2) is 73.0 Å². The van der Waals surface area contributed by atoms with Crippen LogP contribution in [-0.2, 0) is 21.2 Å². The van der Waals surface area contributed by atoms with Crippen molar-refractivity contribution >= 4 is 27.9 Å². The Hall–Kier alpha value is -2.96. The largest absolute Gasteiger partial charge is 0.430 e. The summed E-state index contributed by atoms with van der Waals surface area (Å²) in [4.78, 5) is 28.5. The van der Waals surface area contributed by atoms with E-state index in [-0.39, 0.29) is 24.0 Å². The molecular weight excluding hydrogens is 476 g/mol. The fourth-order valence-electron chi connectivity index (χ4n) is 3.51. The number of anilines is 1. The highest BCUT2D eigenvalue weighted by molar-refractivity contribution is 7.92. The predicted octanol–water partition coefficient (Wildman–Crippen LogP) is 0.828. The Balaban J connectivity index is 2.27. The molecule has 4 unspecified atom stereocenters. The molecule has 2 aromatic rings. The van der Waals surface area contributed by atoms with E-state index in [0.717, 1.165) is 35.2 Å². The average Bonchev–Trinajstić information content (AvgIpc) is 3.30. The van der Waals surface area contributed by atoms with Crippen LogP contribution in [0.3, 0.4) is 0 Å². The van der Waals surface area contributed by atoms with Gasteiger partial charge in [-0.3, -0.25) is 9.59 Å². The Labute approximate surface area is 205 Å². The number of carbonyl (C=O) groups is 2. The van der Waals surface area contributed by atoms with Crippen LogP contribution in [0.5, 0.6) is 0 Å². The van der Waals surface area contributed by atoms with E-state index < -0.39 is 40.2 Å². The van der Waals surface area contributed by atoms with Crippen molar-refractivity contribution in [2.24, 2.45) is 0 Å². The fraction of sp³-hybridized carbons (Fsp3) is 0.522. The molecule has 0 bridgehead atoms. The van der Waals surface area contributed by atoms with Crippen LogP contribution in [0.15, 0.2) is 41.0 Å². The molecule has 0 radical (unpaired) electrons. The summed E-state index contributed by atoms with van der Waals surface area (Å²) in [6, 6.07) is 7.13. The number of hydrogen-bond acceptors (Lipinski definition) is 8. The second kappa shape index (κ2) is 12.7. The minimum atomic E-state index is -3.65. The zero-order valence-corrected chi connectivity index (χ0v) is 21.2. The van der Waals surface area contributed by atoms with Crippen molar-refractivity contribution in [2.45, 2.75) is 63.8 Å². The van der Waals surface area contributed by atoms with Gasteiger partial charge in [-0.15, -0.1) is 0 Å². The van der Waals surface area contributed by atoms with Crippen LogP contribution in [0.4, 0.5) is 6.01 Å². The van der Waals surface area contributed by atoms with Gasteiger partial charge in [0.2, 0.25) is 15.9 Å². The molecule has 4 N–H and O–H groups in total. The molecule has 0 spiro atoms. The Morgan fingerprint density at radius 1 is 1.11 bits per heavy atom. The average molecular weight is 511 g/mol. The molecular formula is C23H34N4O7S. The number of unbranched alkanes of at least 4 members (excludes halogenated alkanes) is 1. The number of rotatable bonds is 13. The zero-order valence-electron chi connectivity index (χ0n) is 20.3. The normalized spacial score (nSPS) is 15.0. The highest BCUT2D eigenvalue weighted by Gasteiger charge is 2.34. The van der Waals surface area contributed by atoms with Crippen molar-refractivity contribution in [3.05, 3.63) is 47.9 Å². The topological polar surface area (TPSA) is 162 Å². The number of aromatic nitrogens is 1. The van der Waals surface area contributed by atoms with E-state index in [2.05, 4.69) is 15.6 Å². The number of aliphatic hydroxyl groups excluding tert-OH is 2. The summed E-state index contributed by atoms with van der Waals surface area (Å²) in [5, 5.41) is 27.3. The molecule has 2 amide bonds. The molecule has 2 rings (SSSR count). The zero-order chi connectivity index (χ0) is 26.2. The SMILES string of the molecule is CCCCC(NC(C)=O)C(O)C(O)C(Cc1ccccc1)NC(=O)c1coc(N(C)S(C)(=O)=O)n1. The third kappa shape index (κ3) is 8.34. The molecule has 0 fully saturated rings. The number of amides is 2. The lowest BCUT2D eigenvalue weighted by Gasteiger charge is -2.32. The number of sulfonamides is 1. The summed E-state index contributed by atoms with van der Waals surface area (Å²) >= 11 is 0. The Morgan fingerprint density at radius 2 is 1.74 bits per heavy atom. The predicted molar refractivity (Wildman–Crippen MR) is 130 cm³/mol. The fourth-order valence-corrected chi connectivity index (χ4v) is 3.88. The standard InChI is InChI=1S/C23H34N4O7S/c1-5-6-12-17(24-15(2)28)20(29)21(30)18(13-16-10-8-7-9-11-16)25-22(31)19-14-34-23(26-19)27(3)35(4,32)33/h7-11,14,17-18,20-21,29-30H,5-6,12-13H2,1-4H3,(H,24,28)(H,25,31). The van der Waals surface area contributed by atoms with Gasteiger partial charge in [0, 0.05) is 14.0 Å². The first-order valence-electron chi connectivity index (χ1n) is 11.3. The van der Waals surface area contributed by atoms with Gasteiger partial charge >= 0.3 is 6.01 Å². The van der Waals surface area contributed by atoms with E-state index in [1.54, 1.807) is 0 Å². The molecule has 12 heteroatoms. The number of nitrogens with zero attached hydrogens (tertiary/aromatic N) is 2. The number of aliphatic hydroxyl groups is 2. The minimum absolute atomic E-state index is 0.180. The molecule has 1 aromatic carbocycles. The summed E-state index contributed by atoms with van der Waals surface area (Å²) in [5.41, 5.74) is 0.603. The second-order valence-corrected chi connectivity index (χ2v) is 10.5. The number of carbonyl (C=O) groups excluding carboxylic acids is 2. The Morgan fingerprint density at radius 3 is 2.31 bits per heavy atom. The summed E-state index contributed by atoms with van der Waals surface area (Å²) in [6.45, 7) is 3.30. The smallest absolute Gasteiger partial charge is 0.311 e. The van der Waals surface area contributed by atoms with Crippen molar-refractivity contribution in [3.63, 3.8) is 0 Å². The lowest BCUT2D eigenvalue weighted by atomic mass is 9.91.